The van der Waals surface area contributed by atoms with E-state index in [2.05, 4.69) is 41.7 Å². The number of rotatable bonds is 6. The smallest absolute Gasteiger partial charge is 0.130 e. The lowest BCUT2D eigenvalue weighted by molar-refractivity contribution is 0.540. The Morgan fingerprint density at radius 1 is 1.35 bits per heavy atom. The lowest BCUT2D eigenvalue weighted by atomic mass is 10.0. The number of hydrogen-bond acceptors (Lipinski definition) is 2. The molecule has 1 atom stereocenters. The van der Waals surface area contributed by atoms with Gasteiger partial charge in [-0.25, -0.2) is 4.98 Å². The molecule has 3 nitrogen and oxygen atoms in total. The maximum Gasteiger partial charge on any atom is 0.130 e. The van der Waals surface area contributed by atoms with E-state index in [1.54, 1.807) is 0 Å². The third kappa shape index (κ3) is 3.22. The molecule has 1 unspecified atom stereocenters. The summed E-state index contributed by atoms with van der Waals surface area (Å²) in [6.07, 6.45) is 4.99. The molecule has 0 saturated heterocycles. The zero-order valence-corrected chi connectivity index (χ0v) is 13.1. The molecule has 0 saturated carbocycles. The minimum atomic E-state index is 0.113. The Kier molecular flexibility index (Phi) is 5.21. The van der Waals surface area contributed by atoms with Crippen molar-refractivity contribution in [2.24, 2.45) is 0 Å². The summed E-state index contributed by atoms with van der Waals surface area (Å²) in [6, 6.07) is 6.17. The average Bonchev–Trinajstić information content (AvgIpc) is 2.89. The molecule has 108 valence electrons. The number of imidazole rings is 1. The number of nitrogens with zero attached hydrogens (tertiary/aromatic N) is 2. The summed E-state index contributed by atoms with van der Waals surface area (Å²) < 4.78 is 2.18. The molecule has 2 rings (SSSR count). The van der Waals surface area contributed by atoms with E-state index in [1.807, 2.05) is 24.5 Å². The molecule has 0 aliphatic carbocycles. The van der Waals surface area contributed by atoms with Crippen LogP contribution in [0.5, 0.6) is 0 Å². The van der Waals surface area contributed by atoms with Gasteiger partial charge in [-0.05, 0) is 50.1 Å². The van der Waals surface area contributed by atoms with Crippen LogP contribution in [0.25, 0.3) is 0 Å². The van der Waals surface area contributed by atoms with Gasteiger partial charge in [0.1, 0.15) is 5.82 Å². The van der Waals surface area contributed by atoms with Crippen LogP contribution in [0.1, 0.15) is 43.3 Å². The lowest BCUT2D eigenvalue weighted by Crippen LogP contribution is -2.26. The maximum absolute atomic E-state index is 6.07. The zero-order chi connectivity index (χ0) is 14.5. The van der Waals surface area contributed by atoms with Crippen LogP contribution < -0.4 is 5.32 Å². The largest absolute Gasteiger partial charge is 0.334 e. The number of aryl methyl sites for hydroxylation is 2. The zero-order valence-electron chi connectivity index (χ0n) is 12.4. The molecule has 1 aromatic carbocycles. The van der Waals surface area contributed by atoms with E-state index in [9.17, 15) is 0 Å². The van der Waals surface area contributed by atoms with E-state index >= 15 is 0 Å². The van der Waals surface area contributed by atoms with E-state index in [4.69, 9.17) is 11.6 Å². The first-order valence-corrected chi connectivity index (χ1v) is 7.55. The van der Waals surface area contributed by atoms with Gasteiger partial charge < -0.3 is 9.88 Å². The van der Waals surface area contributed by atoms with E-state index in [1.165, 1.54) is 11.1 Å². The Morgan fingerprint density at radius 2 is 2.15 bits per heavy atom. The van der Waals surface area contributed by atoms with E-state index in [0.717, 1.165) is 30.4 Å². The van der Waals surface area contributed by atoms with Crippen molar-refractivity contribution in [1.29, 1.82) is 0 Å². The van der Waals surface area contributed by atoms with Crippen molar-refractivity contribution in [3.8, 4) is 0 Å². The molecule has 0 bridgehead atoms. The van der Waals surface area contributed by atoms with Gasteiger partial charge >= 0.3 is 0 Å². The van der Waals surface area contributed by atoms with E-state index in [0.29, 0.717) is 0 Å². The third-order valence-corrected chi connectivity index (χ3v) is 3.72. The van der Waals surface area contributed by atoms with Crippen molar-refractivity contribution in [2.45, 2.75) is 39.8 Å². The third-order valence-electron chi connectivity index (χ3n) is 3.49. The molecule has 1 aromatic heterocycles. The summed E-state index contributed by atoms with van der Waals surface area (Å²) in [7, 11) is 0. The molecule has 20 heavy (non-hydrogen) atoms. The Labute approximate surface area is 126 Å². The molecular formula is C16H22ClN3. The molecule has 0 aliphatic heterocycles. The normalized spacial score (nSPS) is 12.6. The Bertz CT molecular complexity index is 563. The fourth-order valence-electron chi connectivity index (χ4n) is 2.44. The van der Waals surface area contributed by atoms with Crippen LogP contribution in [0.2, 0.25) is 5.02 Å². The molecule has 0 radical (unpaired) electrons. The maximum atomic E-state index is 6.07. The van der Waals surface area contributed by atoms with Crippen LogP contribution in [-0.4, -0.2) is 16.1 Å². The van der Waals surface area contributed by atoms with Crippen LogP contribution in [0.15, 0.2) is 30.6 Å². The molecule has 0 fully saturated rings. The van der Waals surface area contributed by atoms with Crippen molar-refractivity contribution < 1.29 is 0 Å². The molecule has 0 aliphatic rings. The first kappa shape index (κ1) is 15.1. The van der Waals surface area contributed by atoms with Crippen LogP contribution in [-0.2, 0) is 6.54 Å². The Hall–Kier alpha value is -1.32. The summed E-state index contributed by atoms with van der Waals surface area (Å²) in [5.41, 5.74) is 2.43. The van der Waals surface area contributed by atoms with Crippen LogP contribution >= 0.6 is 11.6 Å². The van der Waals surface area contributed by atoms with Crippen molar-refractivity contribution in [2.75, 3.05) is 6.54 Å². The summed E-state index contributed by atoms with van der Waals surface area (Å²) >= 11 is 6.07. The second-order valence-corrected chi connectivity index (χ2v) is 5.40. The van der Waals surface area contributed by atoms with Crippen LogP contribution in [0.4, 0.5) is 0 Å². The highest BCUT2D eigenvalue weighted by Crippen LogP contribution is 2.26. The number of halogens is 1. The van der Waals surface area contributed by atoms with Crippen molar-refractivity contribution in [3.63, 3.8) is 0 Å². The van der Waals surface area contributed by atoms with Crippen LogP contribution in [0, 0.1) is 6.92 Å². The summed E-state index contributed by atoms with van der Waals surface area (Å²) in [6.45, 7) is 8.29. The van der Waals surface area contributed by atoms with Crippen molar-refractivity contribution in [1.82, 2.24) is 14.9 Å². The topological polar surface area (TPSA) is 29.9 Å². The number of hydrogen-bond donors (Lipinski definition) is 1. The first-order chi connectivity index (χ1) is 9.67. The van der Waals surface area contributed by atoms with Gasteiger partial charge in [0.05, 0.1) is 6.04 Å². The molecule has 1 heterocycles. The number of benzene rings is 1. The average molecular weight is 292 g/mol. The highest BCUT2D eigenvalue weighted by atomic mass is 35.5. The van der Waals surface area contributed by atoms with Crippen molar-refractivity contribution >= 4 is 11.6 Å². The van der Waals surface area contributed by atoms with Crippen LogP contribution in [0.3, 0.4) is 0 Å². The quantitative estimate of drug-likeness (QED) is 0.873. The molecule has 0 amide bonds. The van der Waals surface area contributed by atoms with E-state index < -0.39 is 0 Å². The van der Waals surface area contributed by atoms with Gasteiger partial charge in [0.2, 0.25) is 0 Å². The van der Waals surface area contributed by atoms with Gasteiger partial charge in [-0.1, -0.05) is 24.6 Å². The van der Waals surface area contributed by atoms with Gasteiger partial charge in [-0.2, -0.15) is 0 Å². The highest BCUT2D eigenvalue weighted by Gasteiger charge is 2.19. The van der Waals surface area contributed by atoms with Gasteiger partial charge in [0.25, 0.3) is 0 Å². The fourth-order valence-corrected chi connectivity index (χ4v) is 2.67. The minimum absolute atomic E-state index is 0.113. The van der Waals surface area contributed by atoms with Gasteiger partial charge in [-0.15, -0.1) is 0 Å². The number of aromatic nitrogens is 2. The standard InChI is InChI=1S/C16H22ClN3/c1-4-8-18-15(16-19-9-10-20(16)5-2)14-7-6-13(17)11-12(14)3/h6-7,9-11,15,18H,4-5,8H2,1-3H3. The van der Waals surface area contributed by atoms with Gasteiger partial charge in [0, 0.05) is 24.0 Å². The monoisotopic (exact) mass is 291 g/mol. The predicted molar refractivity (Wildman–Crippen MR) is 84.2 cm³/mol. The minimum Gasteiger partial charge on any atom is -0.334 e. The predicted octanol–water partition coefficient (Wildman–Crippen LogP) is 3.95. The molecule has 2 aromatic rings. The Morgan fingerprint density at radius 3 is 2.80 bits per heavy atom. The highest BCUT2D eigenvalue weighted by molar-refractivity contribution is 6.30. The number of nitrogens with one attached hydrogen (secondary N) is 1. The second-order valence-electron chi connectivity index (χ2n) is 4.96. The molecule has 1 N–H and O–H groups in total. The van der Waals surface area contributed by atoms with E-state index in [-0.39, 0.29) is 6.04 Å². The second kappa shape index (κ2) is 6.91. The molecule has 4 heteroatoms. The van der Waals surface area contributed by atoms with Gasteiger partial charge in [0.15, 0.2) is 0 Å². The molecule has 0 spiro atoms. The SMILES string of the molecule is CCCNC(c1ccc(Cl)cc1C)c1nccn1CC. The summed E-state index contributed by atoms with van der Waals surface area (Å²) in [5, 5.41) is 4.37. The summed E-state index contributed by atoms with van der Waals surface area (Å²) in [5.74, 6) is 1.06. The van der Waals surface area contributed by atoms with Gasteiger partial charge in [-0.3, -0.25) is 0 Å². The fraction of sp³-hybridized carbons (Fsp3) is 0.438. The summed E-state index contributed by atoms with van der Waals surface area (Å²) in [4.78, 5) is 4.55. The first-order valence-electron chi connectivity index (χ1n) is 7.17. The molecular weight excluding hydrogens is 270 g/mol. The Balaban J connectivity index is 2.41. The lowest BCUT2D eigenvalue weighted by Gasteiger charge is -2.21. The van der Waals surface area contributed by atoms with Crippen molar-refractivity contribution in [3.05, 3.63) is 52.6 Å².